The van der Waals surface area contributed by atoms with E-state index in [1.807, 2.05) is 7.05 Å². The molecule has 1 heterocycles. The molecule has 1 unspecified atom stereocenters. The number of benzene rings is 1. The van der Waals surface area contributed by atoms with Crippen molar-refractivity contribution in [2.24, 2.45) is 0 Å². The Morgan fingerprint density at radius 3 is 2.16 bits per heavy atom. The van der Waals surface area contributed by atoms with Gasteiger partial charge in [0.25, 0.3) is 0 Å². The molecule has 102 valence electrons. The van der Waals surface area contributed by atoms with Gasteiger partial charge >= 0.3 is 0 Å². The summed E-state index contributed by atoms with van der Waals surface area (Å²) in [6.07, 6.45) is 0. The van der Waals surface area contributed by atoms with Gasteiger partial charge in [-0.15, -0.1) is 11.3 Å². The van der Waals surface area contributed by atoms with E-state index < -0.39 is 0 Å². The monoisotopic (exact) mass is 274 g/mol. The van der Waals surface area contributed by atoms with Crippen LogP contribution in [0.1, 0.15) is 43.9 Å². The quantitative estimate of drug-likeness (QED) is 0.915. The molecule has 0 bridgehead atoms. The highest BCUT2D eigenvalue weighted by Crippen LogP contribution is 2.30. The van der Waals surface area contributed by atoms with Crippen molar-refractivity contribution in [2.75, 3.05) is 7.05 Å². The van der Waals surface area contributed by atoms with E-state index in [0.717, 1.165) is 10.7 Å². The standard InChI is InChI=1S/C16H22N2S/c1-9-7-11(3)14(8-10(9)2)15(17-6)16-18-12(4)13(5)19-16/h7-8,15,17H,1-6H3. The highest BCUT2D eigenvalue weighted by molar-refractivity contribution is 7.11. The SMILES string of the molecule is CNC(c1nc(C)c(C)s1)c1cc(C)c(C)cc1C. The summed E-state index contributed by atoms with van der Waals surface area (Å²) < 4.78 is 0. The first-order valence-corrected chi connectivity index (χ1v) is 7.44. The maximum atomic E-state index is 4.71. The zero-order valence-corrected chi connectivity index (χ0v) is 13.4. The Kier molecular flexibility index (Phi) is 4.07. The van der Waals surface area contributed by atoms with Crippen molar-refractivity contribution in [3.8, 4) is 0 Å². The number of hydrogen-bond donors (Lipinski definition) is 1. The minimum atomic E-state index is 0.191. The Morgan fingerprint density at radius 2 is 1.63 bits per heavy atom. The van der Waals surface area contributed by atoms with Crippen molar-refractivity contribution >= 4 is 11.3 Å². The largest absolute Gasteiger partial charge is 0.307 e. The lowest BCUT2D eigenvalue weighted by molar-refractivity contribution is 0.680. The molecule has 2 nitrogen and oxygen atoms in total. The molecule has 1 atom stereocenters. The van der Waals surface area contributed by atoms with Gasteiger partial charge in [0, 0.05) is 4.88 Å². The summed E-state index contributed by atoms with van der Waals surface area (Å²) in [6, 6.07) is 4.75. The molecule has 0 saturated heterocycles. The fourth-order valence-electron chi connectivity index (χ4n) is 2.33. The first-order valence-electron chi connectivity index (χ1n) is 6.63. The molecule has 1 N–H and O–H groups in total. The molecule has 0 spiro atoms. The normalized spacial score (nSPS) is 12.7. The summed E-state index contributed by atoms with van der Waals surface area (Å²) in [5.41, 5.74) is 6.49. The molecule has 0 aliphatic rings. The summed E-state index contributed by atoms with van der Waals surface area (Å²) in [7, 11) is 2.01. The van der Waals surface area contributed by atoms with E-state index >= 15 is 0 Å². The number of rotatable bonds is 3. The number of nitrogens with one attached hydrogen (secondary N) is 1. The van der Waals surface area contributed by atoms with Crippen molar-refractivity contribution in [3.63, 3.8) is 0 Å². The number of hydrogen-bond acceptors (Lipinski definition) is 3. The molecule has 0 fully saturated rings. The first kappa shape index (κ1) is 14.2. The van der Waals surface area contributed by atoms with Gasteiger partial charge in [0.1, 0.15) is 5.01 Å². The molecule has 0 radical (unpaired) electrons. The van der Waals surface area contributed by atoms with E-state index in [9.17, 15) is 0 Å². The summed E-state index contributed by atoms with van der Waals surface area (Å²) in [5, 5.41) is 4.57. The van der Waals surface area contributed by atoms with Gasteiger partial charge in [-0.2, -0.15) is 0 Å². The van der Waals surface area contributed by atoms with Gasteiger partial charge in [0.2, 0.25) is 0 Å². The summed E-state index contributed by atoms with van der Waals surface area (Å²) in [6.45, 7) is 10.7. The lowest BCUT2D eigenvalue weighted by Crippen LogP contribution is -2.19. The Bertz CT molecular complexity index is 580. The molecule has 1 aromatic heterocycles. The average molecular weight is 274 g/mol. The first-order chi connectivity index (χ1) is 8.93. The number of aromatic nitrogens is 1. The van der Waals surface area contributed by atoms with Gasteiger partial charge < -0.3 is 5.32 Å². The van der Waals surface area contributed by atoms with Gasteiger partial charge in [-0.05, 0) is 63.9 Å². The molecule has 19 heavy (non-hydrogen) atoms. The van der Waals surface area contributed by atoms with Crippen LogP contribution in [-0.2, 0) is 0 Å². The predicted molar refractivity (Wildman–Crippen MR) is 83.1 cm³/mol. The highest BCUT2D eigenvalue weighted by atomic mass is 32.1. The van der Waals surface area contributed by atoms with E-state index in [-0.39, 0.29) is 6.04 Å². The predicted octanol–water partition coefficient (Wildman–Crippen LogP) is 3.99. The zero-order valence-electron chi connectivity index (χ0n) is 12.6. The van der Waals surface area contributed by atoms with Gasteiger partial charge in [-0.25, -0.2) is 4.98 Å². The summed E-state index contributed by atoms with van der Waals surface area (Å²) >= 11 is 1.79. The smallest absolute Gasteiger partial charge is 0.115 e. The fraction of sp³-hybridized carbons (Fsp3) is 0.438. The Hall–Kier alpha value is -1.19. The molecular weight excluding hydrogens is 252 g/mol. The maximum Gasteiger partial charge on any atom is 0.115 e. The maximum absolute atomic E-state index is 4.71. The number of thiazole rings is 1. The molecule has 0 saturated carbocycles. The van der Waals surface area contributed by atoms with Crippen LogP contribution in [0.25, 0.3) is 0 Å². The van der Waals surface area contributed by atoms with Crippen molar-refractivity contribution in [2.45, 2.75) is 40.7 Å². The van der Waals surface area contributed by atoms with Crippen LogP contribution >= 0.6 is 11.3 Å². The molecule has 2 aromatic rings. The molecule has 3 heteroatoms. The fourth-order valence-corrected chi connectivity index (χ4v) is 3.38. The number of aryl methyl sites for hydroxylation is 5. The minimum absolute atomic E-state index is 0.191. The van der Waals surface area contributed by atoms with Gasteiger partial charge in [-0.1, -0.05) is 12.1 Å². The van der Waals surface area contributed by atoms with E-state index in [2.05, 4.69) is 52.1 Å². The molecule has 0 amide bonds. The third-order valence-electron chi connectivity index (χ3n) is 3.77. The van der Waals surface area contributed by atoms with E-state index in [1.54, 1.807) is 11.3 Å². The Labute approximate surface area is 119 Å². The second-order valence-electron chi connectivity index (χ2n) is 5.21. The van der Waals surface area contributed by atoms with Crippen molar-refractivity contribution < 1.29 is 0 Å². The summed E-state index contributed by atoms with van der Waals surface area (Å²) in [4.78, 5) is 6.01. The van der Waals surface area contributed by atoms with Crippen molar-refractivity contribution in [1.29, 1.82) is 0 Å². The van der Waals surface area contributed by atoms with Crippen LogP contribution < -0.4 is 5.32 Å². The second-order valence-corrected chi connectivity index (χ2v) is 6.44. The van der Waals surface area contributed by atoms with Crippen molar-refractivity contribution in [1.82, 2.24) is 10.3 Å². The summed E-state index contributed by atoms with van der Waals surface area (Å²) in [5.74, 6) is 0. The second kappa shape index (κ2) is 5.43. The zero-order chi connectivity index (χ0) is 14.2. The third-order valence-corrected chi connectivity index (χ3v) is 4.91. The molecule has 0 aliphatic carbocycles. The van der Waals surface area contributed by atoms with Crippen LogP contribution in [0.3, 0.4) is 0 Å². The average Bonchev–Trinajstić information content (AvgIpc) is 2.67. The van der Waals surface area contributed by atoms with Crippen LogP contribution in [0.4, 0.5) is 0 Å². The van der Waals surface area contributed by atoms with Crippen LogP contribution in [0.15, 0.2) is 12.1 Å². The molecule has 0 aliphatic heterocycles. The van der Waals surface area contributed by atoms with Crippen LogP contribution in [0, 0.1) is 34.6 Å². The lowest BCUT2D eigenvalue weighted by atomic mass is 9.96. The highest BCUT2D eigenvalue weighted by Gasteiger charge is 2.19. The Morgan fingerprint density at radius 1 is 1.00 bits per heavy atom. The lowest BCUT2D eigenvalue weighted by Gasteiger charge is -2.18. The van der Waals surface area contributed by atoms with Crippen molar-refractivity contribution in [3.05, 3.63) is 50.0 Å². The molecule has 2 rings (SSSR count). The molecule has 1 aromatic carbocycles. The van der Waals surface area contributed by atoms with Crippen LogP contribution in [0.5, 0.6) is 0 Å². The van der Waals surface area contributed by atoms with E-state index in [0.29, 0.717) is 0 Å². The minimum Gasteiger partial charge on any atom is -0.307 e. The van der Waals surface area contributed by atoms with Crippen LogP contribution in [-0.4, -0.2) is 12.0 Å². The third kappa shape index (κ3) is 2.72. The number of nitrogens with zero attached hydrogens (tertiary/aromatic N) is 1. The topological polar surface area (TPSA) is 24.9 Å². The van der Waals surface area contributed by atoms with Gasteiger partial charge in [0.15, 0.2) is 0 Å². The van der Waals surface area contributed by atoms with E-state index in [4.69, 9.17) is 4.98 Å². The van der Waals surface area contributed by atoms with E-state index in [1.165, 1.54) is 27.1 Å². The molecular formula is C16H22N2S. The van der Waals surface area contributed by atoms with Gasteiger partial charge in [-0.3, -0.25) is 0 Å². The van der Waals surface area contributed by atoms with Crippen LogP contribution in [0.2, 0.25) is 0 Å². The van der Waals surface area contributed by atoms with Gasteiger partial charge in [0.05, 0.1) is 11.7 Å². The Balaban J connectivity index is 2.50.